The second kappa shape index (κ2) is 4.34. The monoisotopic (exact) mass is 159 g/mol. The van der Waals surface area contributed by atoms with Crippen LogP contribution in [0.15, 0.2) is 0 Å². The molecular weight excluding hydrogens is 142 g/mol. The molecule has 0 aromatic heterocycles. The van der Waals surface area contributed by atoms with Gasteiger partial charge in [0.2, 0.25) is 0 Å². The topological polar surface area (TPSA) is 52.3 Å². The average molecular weight is 159 g/mol. The van der Waals surface area contributed by atoms with Gasteiger partial charge in [0.1, 0.15) is 6.04 Å². The third-order valence-corrected chi connectivity index (χ3v) is 2.09. The fourth-order valence-corrected chi connectivity index (χ4v) is 0.765. The van der Waals surface area contributed by atoms with Gasteiger partial charge in [-0.1, -0.05) is 20.8 Å². The van der Waals surface area contributed by atoms with Crippen molar-refractivity contribution in [2.24, 2.45) is 17.6 Å². The van der Waals surface area contributed by atoms with Crippen LogP contribution in [0.3, 0.4) is 0 Å². The molecule has 3 nitrogen and oxygen atoms in total. The maximum Gasteiger partial charge on any atom is 0.322 e. The van der Waals surface area contributed by atoms with Crippen LogP contribution in [0.1, 0.15) is 20.8 Å². The summed E-state index contributed by atoms with van der Waals surface area (Å²) in [6.07, 6.45) is 0. The molecule has 0 unspecified atom stereocenters. The molecule has 0 bridgehead atoms. The molecule has 0 rings (SSSR count). The SMILES string of the molecule is COC(=O)[C@@H](N)[C@@H](C)C(C)C. The number of carbonyl (C=O) groups is 1. The van der Waals surface area contributed by atoms with E-state index in [9.17, 15) is 4.79 Å². The minimum absolute atomic E-state index is 0.169. The van der Waals surface area contributed by atoms with E-state index in [1.54, 1.807) is 0 Å². The van der Waals surface area contributed by atoms with Gasteiger partial charge in [0.25, 0.3) is 0 Å². The summed E-state index contributed by atoms with van der Waals surface area (Å²) in [5.74, 6) is 0.248. The lowest BCUT2D eigenvalue weighted by Gasteiger charge is -2.20. The molecule has 0 heterocycles. The molecule has 0 aliphatic rings. The zero-order valence-electron chi connectivity index (χ0n) is 7.63. The minimum Gasteiger partial charge on any atom is -0.468 e. The molecule has 0 radical (unpaired) electrons. The second-order valence-corrected chi connectivity index (χ2v) is 3.15. The Hall–Kier alpha value is -0.570. The van der Waals surface area contributed by atoms with Crippen LogP contribution < -0.4 is 5.73 Å². The van der Waals surface area contributed by atoms with Crippen molar-refractivity contribution in [1.82, 2.24) is 0 Å². The number of carbonyl (C=O) groups excluding carboxylic acids is 1. The molecule has 2 atom stereocenters. The summed E-state index contributed by atoms with van der Waals surface area (Å²) in [4.78, 5) is 10.9. The first-order chi connectivity index (χ1) is 5.00. The Morgan fingerprint density at radius 2 is 1.82 bits per heavy atom. The lowest BCUT2D eigenvalue weighted by molar-refractivity contribution is -0.143. The van der Waals surface area contributed by atoms with Crippen LogP contribution in [-0.2, 0) is 9.53 Å². The molecule has 0 aromatic rings. The predicted molar refractivity (Wildman–Crippen MR) is 44.0 cm³/mol. The molecule has 0 fully saturated rings. The Balaban J connectivity index is 4.01. The first-order valence-electron chi connectivity index (χ1n) is 3.84. The van der Waals surface area contributed by atoms with Crippen molar-refractivity contribution in [2.45, 2.75) is 26.8 Å². The number of ether oxygens (including phenoxy) is 1. The Kier molecular flexibility index (Phi) is 4.11. The molecule has 0 saturated carbocycles. The van der Waals surface area contributed by atoms with E-state index in [0.717, 1.165) is 0 Å². The highest BCUT2D eigenvalue weighted by Gasteiger charge is 2.23. The summed E-state index contributed by atoms with van der Waals surface area (Å²) < 4.78 is 4.52. The van der Waals surface area contributed by atoms with Crippen LogP contribution in [-0.4, -0.2) is 19.1 Å². The molecule has 0 amide bonds. The summed E-state index contributed by atoms with van der Waals surface area (Å²) >= 11 is 0. The molecule has 3 heteroatoms. The van der Waals surface area contributed by atoms with Crippen molar-refractivity contribution < 1.29 is 9.53 Å². The highest BCUT2D eigenvalue weighted by molar-refractivity contribution is 5.75. The van der Waals surface area contributed by atoms with Crippen LogP contribution in [0.25, 0.3) is 0 Å². The van der Waals surface area contributed by atoms with Crippen LogP contribution in [0.2, 0.25) is 0 Å². The quantitative estimate of drug-likeness (QED) is 0.619. The summed E-state index contributed by atoms with van der Waals surface area (Å²) in [5, 5.41) is 0. The first-order valence-corrected chi connectivity index (χ1v) is 3.84. The van der Waals surface area contributed by atoms with Crippen molar-refractivity contribution in [1.29, 1.82) is 0 Å². The molecule has 66 valence electrons. The lowest BCUT2D eigenvalue weighted by atomic mass is 9.91. The Morgan fingerprint density at radius 1 is 1.36 bits per heavy atom. The Labute approximate surface area is 67.9 Å². The van der Waals surface area contributed by atoms with Gasteiger partial charge in [-0.2, -0.15) is 0 Å². The Morgan fingerprint density at radius 3 is 2.09 bits per heavy atom. The zero-order chi connectivity index (χ0) is 9.02. The van der Waals surface area contributed by atoms with Crippen molar-refractivity contribution in [3.05, 3.63) is 0 Å². The number of hydrogen-bond acceptors (Lipinski definition) is 3. The average Bonchev–Trinajstić information content (AvgIpc) is 2.00. The highest BCUT2D eigenvalue weighted by Crippen LogP contribution is 2.13. The van der Waals surface area contributed by atoms with Gasteiger partial charge in [-0.15, -0.1) is 0 Å². The van der Waals surface area contributed by atoms with E-state index in [1.807, 2.05) is 20.8 Å². The van der Waals surface area contributed by atoms with Crippen LogP contribution in [0, 0.1) is 11.8 Å². The number of methoxy groups -OCH3 is 1. The smallest absolute Gasteiger partial charge is 0.322 e. The van der Waals surface area contributed by atoms with E-state index in [1.165, 1.54) is 7.11 Å². The van der Waals surface area contributed by atoms with Gasteiger partial charge in [-0.25, -0.2) is 0 Å². The third-order valence-electron chi connectivity index (χ3n) is 2.09. The van der Waals surface area contributed by atoms with Crippen LogP contribution >= 0.6 is 0 Å². The molecule has 11 heavy (non-hydrogen) atoms. The molecule has 0 aliphatic carbocycles. The summed E-state index contributed by atoms with van der Waals surface area (Å²) in [6.45, 7) is 6.02. The summed E-state index contributed by atoms with van der Waals surface area (Å²) in [7, 11) is 1.36. The van der Waals surface area contributed by atoms with Gasteiger partial charge < -0.3 is 10.5 Å². The largest absolute Gasteiger partial charge is 0.468 e. The standard InChI is InChI=1S/C8H17NO2/c1-5(2)6(3)7(9)8(10)11-4/h5-7H,9H2,1-4H3/t6-,7-/m0/s1. The van der Waals surface area contributed by atoms with Crippen molar-refractivity contribution >= 4 is 5.97 Å². The lowest BCUT2D eigenvalue weighted by Crippen LogP contribution is -2.39. The molecule has 0 spiro atoms. The molecule has 2 N–H and O–H groups in total. The Bertz CT molecular complexity index is 134. The molecule has 0 aromatic carbocycles. The van der Waals surface area contributed by atoms with E-state index in [2.05, 4.69) is 4.74 Å². The maximum atomic E-state index is 10.9. The number of hydrogen-bond donors (Lipinski definition) is 1. The minimum atomic E-state index is -0.486. The summed E-state index contributed by atoms with van der Waals surface area (Å²) in [5.41, 5.74) is 5.60. The van der Waals surface area contributed by atoms with E-state index in [-0.39, 0.29) is 11.9 Å². The van der Waals surface area contributed by atoms with E-state index >= 15 is 0 Å². The fourth-order valence-electron chi connectivity index (χ4n) is 0.765. The van der Waals surface area contributed by atoms with Crippen molar-refractivity contribution in [3.63, 3.8) is 0 Å². The zero-order valence-corrected chi connectivity index (χ0v) is 7.63. The van der Waals surface area contributed by atoms with Crippen LogP contribution in [0.5, 0.6) is 0 Å². The van der Waals surface area contributed by atoms with Gasteiger partial charge in [0.05, 0.1) is 7.11 Å². The maximum absolute atomic E-state index is 10.9. The van der Waals surface area contributed by atoms with Crippen LogP contribution in [0.4, 0.5) is 0 Å². The number of esters is 1. The van der Waals surface area contributed by atoms with E-state index < -0.39 is 6.04 Å². The highest BCUT2D eigenvalue weighted by atomic mass is 16.5. The summed E-state index contributed by atoms with van der Waals surface area (Å²) in [6, 6.07) is -0.486. The van der Waals surface area contributed by atoms with Gasteiger partial charge in [-0.3, -0.25) is 4.79 Å². The molecule has 0 saturated heterocycles. The van der Waals surface area contributed by atoms with Gasteiger partial charge in [0, 0.05) is 0 Å². The van der Waals surface area contributed by atoms with Crippen molar-refractivity contribution in [2.75, 3.05) is 7.11 Å². The normalized spacial score (nSPS) is 16.2. The second-order valence-electron chi connectivity index (χ2n) is 3.15. The number of nitrogens with two attached hydrogens (primary N) is 1. The van der Waals surface area contributed by atoms with E-state index in [4.69, 9.17) is 5.73 Å². The van der Waals surface area contributed by atoms with Gasteiger partial charge >= 0.3 is 5.97 Å². The van der Waals surface area contributed by atoms with Crippen molar-refractivity contribution in [3.8, 4) is 0 Å². The third kappa shape index (κ3) is 2.89. The van der Waals surface area contributed by atoms with Gasteiger partial charge in [-0.05, 0) is 11.8 Å². The molecule has 0 aliphatic heterocycles. The first kappa shape index (κ1) is 10.4. The number of rotatable bonds is 3. The van der Waals surface area contributed by atoms with E-state index in [0.29, 0.717) is 5.92 Å². The van der Waals surface area contributed by atoms with Gasteiger partial charge in [0.15, 0.2) is 0 Å². The molecular formula is C8H17NO2. The fraction of sp³-hybridized carbons (Fsp3) is 0.875. The predicted octanol–water partition coefficient (Wildman–Crippen LogP) is 0.779.